The van der Waals surface area contributed by atoms with Gasteiger partial charge in [-0.1, -0.05) is 42.5 Å². The van der Waals surface area contributed by atoms with Gasteiger partial charge in [0.25, 0.3) is 0 Å². The smallest absolute Gasteiger partial charge is 0.308 e. The Morgan fingerprint density at radius 2 is 1.77 bits per heavy atom. The molecule has 22 heavy (non-hydrogen) atoms. The number of ether oxygens (including phenoxy) is 1. The Morgan fingerprint density at radius 1 is 1.09 bits per heavy atom. The molecule has 0 heterocycles. The average molecular weight is 296 g/mol. The second kappa shape index (κ2) is 7.73. The van der Waals surface area contributed by atoms with Gasteiger partial charge >= 0.3 is 5.97 Å². The number of benzene rings is 2. The van der Waals surface area contributed by atoms with Gasteiger partial charge in [-0.2, -0.15) is 5.10 Å². The standard InChI is InChI=1S/C17H16N2O3/c1-13(20)22-16-10-6-5-9-15(16)12-18-19-17(21)11-14-7-3-2-4-8-14/h2-10,12H,11H2,1H3,(H,19,21). The van der Waals surface area contributed by atoms with Gasteiger partial charge in [0.15, 0.2) is 0 Å². The van der Waals surface area contributed by atoms with Crippen LogP contribution < -0.4 is 10.2 Å². The van der Waals surface area contributed by atoms with Gasteiger partial charge in [0, 0.05) is 12.5 Å². The molecule has 5 heteroatoms. The lowest BCUT2D eigenvalue weighted by atomic mass is 10.1. The van der Waals surface area contributed by atoms with Crippen LogP contribution in [0, 0.1) is 0 Å². The molecule has 0 fully saturated rings. The van der Waals surface area contributed by atoms with Gasteiger partial charge in [0.1, 0.15) is 5.75 Å². The van der Waals surface area contributed by atoms with Crippen molar-refractivity contribution in [3.05, 3.63) is 65.7 Å². The number of carbonyl (C=O) groups excluding carboxylic acids is 2. The van der Waals surface area contributed by atoms with Gasteiger partial charge in [-0.05, 0) is 17.7 Å². The second-order valence-corrected chi connectivity index (χ2v) is 4.59. The van der Waals surface area contributed by atoms with E-state index in [1.54, 1.807) is 24.3 Å². The van der Waals surface area contributed by atoms with E-state index < -0.39 is 5.97 Å². The molecule has 2 aromatic carbocycles. The van der Waals surface area contributed by atoms with Gasteiger partial charge in [0.05, 0.1) is 12.6 Å². The lowest BCUT2D eigenvalue weighted by molar-refractivity contribution is -0.131. The molecule has 0 atom stereocenters. The molecular formula is C17H16N2O3. The van der Waals surface area contributed by atoms with E-state index in [0.717, 1.165) is 5.56 Å². The predicted octanol–water partition coefficient (Wildman–Crippen LogP) is 2.30. The number of nitrogens with one attached hydrogen (secondary N) is 1. The summed E-state index contributed by atoms with van der Waals surface area (Å²) in [6, 6.07) is 16.3. The van der Waals surface area contributed by atoms with Crippen molar-refractivity contribution >= 4 is 18.1 Å². The van der Waals surface area contributed by atoms with Crippen LogP contribution in [0.2, 0.25) is 0 Å². The van der Waals surface area contributed by atoms with Gasteiger partial charge in [-0.15, -0.1) is 0 Å². The number of para-hydroxylation sites is 1. The third kappa shape index (κ3) is 4.86. The van der Waals surface area contributed by atoms with Crippen molar-refractivity contribution in [3.8, 4) is 5.75 Å². The van der Waals surface area contributed by atoms with E-state index in [4.69, 9.17) is 4.74 Å². The predicted molar refractivity (Wildman–Crippen MR) is 83.6 cm³/mol. The van der Waals surface area contributed by atoms with Gasteiger partial charge in [-0.25, -0.2) is 5.43 Å². The number of amides is 1. The fourth-order valence-electron chi connectivity index (χ4n) is 1.83. The molecule has 112 valence electrons. The van der Waals surface area contributed by atoms with Crippen molar-refractivity contribution in [2.45, 2.75) is 13.3 Å². The van der Waals surface area contributed by atoms with E-state index in [2.05, 4.69) is 10.5 Å². The maximum Gasteiger partial charge on any atom is 0.308 e. The molecule has 0 bridgehead atoms. The Hall–Kier alpha value is -2.95. The van der Waals surface area contributed by atoms with Gasteiger partial charge in [-0.3, -0.25) is 9.59 Å². The SMILES string of the molecule is CC(=O)Oc1ccccc1C=NNC(=O)Cc1ccccc1. The molecule has 0 aliphatic heterocycles. The largest absolute Gasteiger partial charge is 0.426 e. The average Bonchev–Trinajstić information content (AvgIpc) is 2.49. The first-order chi connectivity index (χ1) is 10.6. The molecule has 0 saturated carbocycles. The lowest BCUT2D eigenvalue weighted by Gasteiger charge is -2.04. The van der Waals surface area contributed by atoms with E-state index in [1.807, 2.05) is 30.3 Å². The van der Waals surface area contributed by atoms with E-state index in [-0.39, 0.29) is 12.3 Å². The molecule has 0 radical (unpaired) electrons. The van der Waals surface area contributed by atoms with E-state index in [0.29, 0.717) is 11.3 Å². The third-order valence-electron chi connectivity index (χ3n) is 2.77. The zero-order valence-corrected chi connectivity index (χ0v) is 12.2. The fraction of sp³-hybridized carbons (Fsp3) is 0.118. The molecule has 0 aromatic heterocycles. The summed E-state index contributed by atoms with van der Waals surface area (Å²) in [6.45, 7) is 1.33. The first-order valence-electron chi connectivity index (χ1n) is 6.78. The fourth-order valence-corrected chi connectivity index (χ4v) is 1.83. The minimum atomic E-state index is -0.408. The molecule has 0 aliphatic carbocycles. The van der Waals surface area contributed by atoms with E-state index >= 15 is 0 Å². The maximum absolute atomic E-state index is 11.8. The van der Waals surface area contributed by atoms with Crippen molar-refractivity contribution in [2.75, 3.05) is 0 Å². The summed E-state index contributed by atoms with van der Waals surface area (Å²) in [5, 5.41) is 3.89. The molecule has 0 unspecified atom stereocenters. The van der Waals surface area contributed by atoms with Crippen LogP contribution in [0.1, 0.15) is 18.1 Å². The highest BCUT2D eigenvalue weighted by Crippen LogP contribution is 2.15. The summed E-state index contributed by atoms with van der Waals surface area (Å²) in [5.41, 5.74) is 3.97. The Kier molecular flexibility index (Phi) is 5.43. The van der Waals surface area contributed by atoms with Crippen molar-refractivity contribution in [1.29, 1.82) is 0 Å². The number of hydrogen-bond acceptors (Lipinski definition) is 4. The molecule has 1 N–H and O–H groups in total. The maximum atomic E-state index is 11.8. The van der Waals surface area contributed by atoms with Crippen LogP contribution in [0.5, 0.6) is 5.75 Å². The highest BCUT2D eigenvalue weighted by atomic mass is 16.5. The quantitative estimate of drug-likeness (QED) is 0.398. The number of nitrogens with zero attached hydrogens (tertiary/aromatic N) is 1. The second-order valence-electron chi connectivity index (χ2n) is 4.59. The van der Waals surface area contributed by atoms with Crippen LogP contribution in [-0.4, -0.2) is 18.1 Å². The zero-order chi connectivity index (χ0) is 15.8. The van der Waals surface area contributed by atoms with Crippen molar-refractivity contribution < 1.29 is 14.3 Å². The molecule has 2 aromatic rings. The summed E-state index contributed by atoms with van der Waals surface area (Å²) in [4.78, 5) is 22.8. The number of carbonyl (C=O) groups is 2. The summed E-state index contributed by atoms with van der Waals surface area (Å²) >= 11 is 0. The van der Waals surface area contributed by atoms with Crippen LogP contribution >= 0.6 is 0 Å². The van der Waals surface area contributed by atoms with E-state index in [9.17, 15) is 9.59 Å². The highest BCUT2D eigenvalue weighted by molar-refractivity contribution is 5.86. The van der Waals surface area contributed by atoms with Crippen LogP contribution in [-0.2, 0) is 16.0 Å². The molecule has 1 amide bonds. The number of esters is 1. The van der Waals surface area contributed by atoms with Crippen LogP contribution in [0.25, 0.3) is 0 Å². The molecule has 0 saturated heterocycles. The van der Waals surface area contributed by atoms with Crippen molar-refractivity contribution in [1.82, 2.24) is 5.43 Å². The van der Waals surface area contributed by atoms with Gasteiger partial charge in [0.2, 0.25) is 5.91 Å². The summed E-state index contributed by atoms with van der Waals surface area (Å²) in [6.07, 6.45) is 1.70. The van der Waals surface area contributed by atoms with Crippen LogP contribution in [0.4, 0.5) is 0 Å². The summed E-state index contributed by atoms with van der Waals surface area (Å²) in [7, 11) is 0. The van der Waals surface area contributed by atoms with Gasteiger partial charge < -0.3 is 4.74 Å². The van der Waals surface area contributed by atoms with Crippen molar-refractivity contribution in [2.24, 2.45) is 5.10 Å². The Balaban J connectivity index is 1.95. The number of hydrogen-bond donors (Lipinski definition) is 1. The summed E-state index contributed by atoms with van der Waals surface area (Å²) < 4.78 is 5.06. The zero-order valence-electron chi connectivity index (χ0n) is 12.2. The molecule has 0 aliphatic rings. The molecule has 5 nitrogen and oxygen atoms in total. The van der Waals surface area contributed by atoms with Crippen LogP contribution in [0.15, 0.2) is 59.7 Å². The Bertz CT molecular complexity index is 681. The molecule has 2 rings (SSSR count). The molecule has 0 spiro atoms. The topological polar surface area (TPSA) is 67.8 Å². The minimum absolute atomic E-state index is 0.215. The normalized spacial score (nSPS) is 10.4. The first-order valence-corrected chi connectivity index (χ1v) is 6.78. The highest BCUT2D eigenvalue weighted by Gasteiger charge is 2.04. The number of rotatable bonds is 5. The lowest BCUT2D eigenvalue weighted by Crippen LogP contribution is -2.19. The summed E-state index contributed by atoms with van der Waals surface area (Å²) in [5.74, 6) is -0.225. The third-order valence-corrected chi connectivity index (χ3v) is 2.77. The monoisotopic (exact) mass is 296 g/mol. The number of hydrazone groups is 1. The first kappa shape index (κ1) is 15.4. The van der Waals surface area contributed by atoms with Crippen LogP contribution in [0.3, 0.4) is 0 Å². The van der Waals surface area contributed by atoms with Crippen molar-refractivity contribution in [3.63, 3.8) is 0 Å². The van der Waals surface area contributed by atoms with E-state index in [1.165, 1.54) is 13.1 Å². The Morgan fingerprint density at radius 3 is 2.50 bits per heavy atom. The molecular weight excluding hydrogens is 280 g/mol. The Labute approximate surface area is 128 Å². The minimum Gasteiger partial charge on any atom is -0.426 e.